The number of aliphatic carboxylic acids is 1. The Kier molecular flexibility index (Phi) is 5.74. The molecule has 0 spiro atoms. The van der Waals surface area contributed by atoms with Gasteiger partial charge in [-0.25, -0.2) is 0 Å². The minimum atomic E-state index is -0.905. The summed E-state index contributed by atoms with van der Waals surface area (Å²) in [4.78, 5) is 38.7. The van der Waals surface area contributed by atoms with Gasteiger partial charge >= 0.3 is 5.97 Å². The SMILES string of the molecule is CN1C(=O)c2cc(NC(=O)c3cccs3)ccc2OC[C@@H]2O[C@H](CC(=O)O)CC[C@H]21. The lowest BCUT2D eigenvalue weighted by Gasteiger charge is -2.42. The lowest BCUT2D eigenvalue weighted by molar-refractivity contribution is -0.148. The molecule has 0 unspecified atom stereocenters. The Hall–Kier alpha value is -2.91. The van der Waals surface area contributed by atoms with Crippen LogP contribution in [0.1, 0.15) is 39.3 Å². The number of amides is 2. The molecule has 1 saturated heterocycles. The van der Waals surface area contributed by atoms with E-state index in [1.165, 1.54) is 11.3 Å². The lowest BCUT2D eigenvalue weighted by Crippen LogP contribution is -2.53. The van der Waals surface area contributed by atoms with Crippen molar-refractivity contribution in [3.05, 3.63) is 46.2 Å². The van der Waals surface area contributed by atoms with Crippen LogP contribution in [0.25, 0.3) is 0 Å². The van der Waals surface area contributed by atoms with Gasteiger partial charge in [-0.15, -0.1) is 11.3 Å². The van der Waals surface area contributed by atoms with Crippen molar-refractivity contribution >= 4 is 34.8 Å². The Balaban J connectivity index is 1.54. The number of nitrogens with one attached hydrogen (secondary N) is 1. The number of hydrogen-bond donors (Lipinski definition) is 2. The van der Waals surface area contributed by atoms with E-state index >= 15 is 0 Å². The highest BCUT2D eigenvalue weighted by Crippen LogP contribution is 2.32. The van der Waals surface area contributed by atoms with Crippen LogP contribution in [0.3, 0.4) is 0 Å². The molecule has 2 aliphatic rings. The van der Waals surface area contributed by atoms with Crippen LogP contribution in [0.15, 0.2) is 35.7 Å². The van der Waals surface area contributed by atoms with Crippen molar-refractivity contribution in [2.45, 2.75) is 37.5 Å². The Morgan fingerprint density at radius 3 is 2.87 bits per heavy atom. The van der Waals surface area contributed by atoms with Crippen LogP contribution in [0, 0.1) is 0 Å². The molecule has 30 heavy (non-hydrogen) atoms. The number of fused-ring (bicyclic) bond motifs is 2. The van der Waals surface area contributed by atoms with E-state index in [1.54, 1.807) is 42.3 Å². The normalized spacial score (nSPS) is 23.4. The van der Waals surface area contributed by atoms with Crippen molar-refractivity contribution < 1.29 is 29.0 Å². The molecular formula is C21H22N2O6S. The summed E-state index contributed by atoms with van der Waals surface area (Å²) in [6, 6.07) is 8.29. The van der Waals surface area contributed by atoms with Gasteiger partial charge in [0.2, 0.25) is 0 Å². The monoisotopic (exact) mass is 430 g/mol. The number of nitrogens with zero attached hydrogens (tertiary/aromatic N) is 1. The highest BCUT2D eigenvalue weighted by atomic mass is 32.1. The molecule has 8 nitrogen and oxygen atoms in total. The molecule has 2 aliphatic heterocycles. The van der Waals surface area contributed by atoms with E-state index in [2.05, 4.69) is 5.32 Å². The molecule has 3 heterocycles. The fraction of sp³-hybridized carbons (Fsp3) is 0.381. The standard InChI is InChI=1S/C21H22N2O6S/c1-23-15-6-5-13(10-19(24)25)29-17(15)11-28-16-7-4-12(9-14(16)21(23)27)22-20(26)18-3-2-8-30-18/h2-4,7-9,13,15,17H,5-6,10-11H2,1H3,(H,22,26)(H,24,25)/t13-,15+,17-/m0/s1. The summed E-state index contributed by atoms with van der Waals surface area (Å²) in [5, 5.41) is 13.7. The van der Waals surface area contributed by atoms with E-state index < -0.39 is 12.1 Å². The van der Waals surface area contributed by atoms with Gasteiger partial charge in [0.25, 0.3) is 11.8 Å². The molecule has 1 aromatic carbocycles. The minimum Gasteiger partial charge on any atom is -0.490 e. The summed E-state index contributed by atoms with van der Waals surface area (Å²) in [5.74, 6) is -0.963. The third-order valence-electron chi connectivity index (χ3n) is 5.42. The first kappa shape index (κ1) is 20.4. The number of benzene rings is 1. The van der Waals surface area contributed by atoms with Gasteiger partial charge < -0.3 is 24.8 Å². The highest BCUT2D eigenvalue weighted by Gasteiger charge is 2.39. The zero-order chi connectivity index (χ0) is 21.3. The lowest BCUT2D eigenvalue weighted by atomic mass is 9.94. The first-order valence-corrected chi connectivity index (χ1v) is 10.6. The summed E-state index contributed by atoms with van der Waals surface area (Å²) in [6.07, 6.45) is 0.353. The first-order chi connectivity index (χ1) is 14.4. The van der Waals surface area contributed by atoms with Gasteiger partial charge in [0.05, 0.1) is 29.0 Å². The van der Waals surface area contributed by atoms with E-state index in [-0.39, 0.29) is 37.0 Å². The number of carbonyl (C=O) groups excluding carboxylic acids is 2. The zero-order valence-electron chi connectivity index (χ0n) is 16.4. The number of ether oxygens (including phenoxy) is 2. The van der Waals surface area contributed by atoms with Crippen molar-refractivity contribution in [2.24, 2.45) is 0 Å². The maximum Gasteiger partial charge on any atom is 0.305 e. The zero-order valence-corrected chi connectivity index (χ0v) is 17.2. The van der Waals surface area contributed by atoms with E-state index in [4.69, 9.17) is 14.6 Å². The number of thiophene rings is 1. The summed E-state index contributed by atoms with van der Waals surface area (Å²) in [6.45, 7) is 0.215. The maximum absolute atomic E-state index is 13.2. The minimum absolute atomic E-state index is 0.0647. The molecule has 3 atom stereocenters. The van der Waals surface area contributed by atoms with Gasteiger partial charge in [0.15, 0.2) is 0 Å². The molecular weight excluding hydrogens is 408 g/mol. The quantitative estimate of drug-likeness (QED) is 0.773. The van der Waals surface area contributed by atoms with Gasteiger partial charge in [0, 0.05) is 12.7 Å². The third-order valence-corrected chi connectivity index (χ3v) is 6.29. The average molecular weight is 430 g/mol. The molecule has 0 aliphatic carbocycles. The number of carboxylic acids is 1. The van der Waals surface area contributed by atoms with Crippen LogP contribution in [0.2, 0.25) is 0 Å². The first-order valence-electron chi connectivity index (χ1n) is 9.68. The van der Waals surface area contributed by atoms with Crippen molar-refractivity contribution in [1.29, 1.82) is 0 Å². The predicted octanol–water partition coefficient (Wildman–Crippen LogP) is 2.86. The fourth-order valence-corrected chi connectivity index (χ4v) is 4.52. The van der Waals surface area contributed by atoms with Crippen molar-refractivity contribution in [2.75, 3.05) is 19.0 Å². The fourth-order valence-electron chi connectivity index (χ4n) is 3.90. The molecule has 0 bridgehead atoms. The van der Waals surface area contributed by atoms with Crippen molar-refractivity contribution in [1.82, 2.24) is 4.90 Å². The number of anilines is 1. The van der Waals surface area contributed by atoms with Crippen LogP contribution >= 0.6 is 11.3 Å². The molecule has 158 valence electrons. The predicted molar refractivity (Wildman–Crippen MR) is 110 cm³/mol. The number of hydrogen-bond acceptors (Lipinski definition) is 6. The number of carbonyl (C=O) groups is 3. The summed E-state index contributed by atoms with van der Waals surface area (Å²) < 4.78 is 11.8. The molecule has 4 rings (SSSR count). The van der Waals surface area contributed by atoms with Crippen LogP contribution in [0.4, 0.5) is 5.69 Å². The molecule has 0 radical (unpaired) electrons. The maximum atomic E-state index is 13.2. The smallest absolute Gasteiger partial charge is 0.305 e. The average Bonchev–Trinajstić information content (AvgIpc) is 3.26. The Bertz CT molecular complexity index is 960. The molecule has 9 heteroatoms. The number of rotatable bonds is 4. The molecule has 1 fully saturated rings. The molecule has 0 saturated carbocycles. The summed E-state index contributed by atoms with van der Waals surface area (Å²) in [5.41, 5.74) is 0.878. The van der Waals surface area contributed by atoms with Gasteiger partial charge in [-0.1, -0.05) is 6.07 Å². The van der Waals surface area contributed by atoms with E-state index in [9.17, 15) is 14.4 Å². The second-order valence-electron chi connectivity index (χ2n) is 7.41. The second kappa shape index (κ2) is 8.45. The van der Waals surface area contributed by atoms with Crippen LogP contribution in [-0.2, 0) is 9.53 Å². The Morgan fingerprint density at radius 1 is 1.30 bits per heavy atom. The van der Waals surface area contributed by atoms with Gasteiger partial charge in [-0.3, -0.25) is 14.4 Å². The third kappa shape index (κ3) is 4.17. The highest BCUT2D eigenvalue weighted by molar-refractivity contribution is 7.12. The summed E-state index contributed by atoms with van der Waals surface area (Å²) >= 11 is 1.34. The topological polar surface area (TPSA) is 105 Å². The largest absolute Gasteiger partial charge is 0.490 e. The number of likely N-dealkylation sites (N-methyl/N-ethyl adjacent to an activating group) is 1. The molecule has 2 N–H and O–H groups in total. The number of carboxylic acid groups (broad SMARTS) is 1. The van der Waals surface area contributed by atoms with Gasteiger partial charge in [0.1, 0.15) is 18.5 Å². The van der Waals surface area contributed by atoms with Crippen molar-refractivity contribution in [3.63, 3.8) is 0 Å². The van der Waals surface area contributed by atoms with Crippen molar-refractivity contribution in [3.8, 4) is 5.75 Å². The Labute approximate surface area is 177 Å². The van der Waals surface area contributed by atoms with Crippen LogP contribution < -0.4 is 10.1 Å². The van der Waals surface area contributed by atoms with Crippen LogP contribution in [0.5, 0.6) is 5.75 Å². The van der Waals surface area contributed by atoms with E-state index in [0.29, 0.717) is 34.7 Å². The second-order valence-corrected chi connectivity index (χ2v) is 8.36. The molecule has 2 aromatic rings. The molecule has 1 aromatic heterocycles. The van der Waals surface area contributed by atoms with E-state index in [1.807, 2.05) is 5.38 Å². The van der Waals surface area contributed by atoms with Gasteiger partial charge in [-0.05, 0) is 42.5 Å². The van der Waals surface area contributed by atoms with Crippen LogP contribution in [-0.4, -0.2) is 59.7 Å². The molecule has 2 amide bonds. The van der Waals surface area contributed by atoms with E-state index in [0.717, 1.165) is 0 Å². The summed E-state index contributed by atoms with van der Waals surface area (Å²) in [7, 11) is 1.72. The van der Waals surface area contributed by atoms with Gasteiger partial charge in [-0.2, -0.15) is 0 Å². The Morgan fingerprint density at radius 2 is 2.13 bits per heavy atom.